The van der Waals surface area contributed by atoms with Gasteiger partial charge in [0.15, 0.2) is 5.78 Å². The quantitative estimate of drug-likeness (QED) is 0.632. The van der Waals surface area contributed by atoms with E-state index >= 15 is 0 Å². The molecule has 2 bridgehead atoms. The zero-order valence-corrected chi connectivity index (χ0v) is 17.8. The van der Waals surface area contributed by atoms with E-state index in [1.807, 2.05) is 20.8 Å². The molecule has 4 rings (SSSR count). The summed E-state index contributed by atoms with van der Waals surface area (Å²) in [7, 11) is 0. The molecule has 3 fully saturated rings. The second-order valence-electron chi connectivity index (χ2n) is 9.90. The maximum Gasteiger partial charge on any atom is 0.303 e. The van der Waals surface area contributed by atoms with Crippen LogP contribution in [0.2, 0.25) is 0 Å². The van der Waals surface area contributed by atoms with Gasteiger partial charge >= 0.3 is 5.97 Å². The van der Waals surface area contributed by atoms with E-state index < -0.39 is 35.5 Å². The molecule has 7 nitrogen and oxygen atoms in total. The van der Waals surface area contributed by atoms with Gasteiger partial charge in [-0.25, -0.2) is 0 Å². The van der Waals surface area contributed by atoms with Crippen molar-refractivity contribution in [3.8, 4) is 0 Å². The van der Waals surface area contributed by atoms with Gasteiger partial charge in [0.2, 0.25) is 0 Å². The van der Waals surface area contributed by atoms with E-state index in [2.05, 4.69) is 0 Å². The molecule has 0 radical (unpaired) electrons. The SMILES string of the molecule is CC(=O)OC1CC(O)C(C)(O)CC2OC3C4C(C(=O)C=C(C)C24)C(C)COC13C. The Bertz CT molecular complexity index is 743. The average molecular weight is 408 g/mol. The molecule has 10 unspecified atom stereocenters. The van der Waals surface area contributed by atoms with Gasteiger partial charge in [0, 0.05) is 37.5 Å². The molecule has 7 heteroatoms. The van der Waals surface area contributed by atoms with Gasteiger partial charge in [-0.15, -0.1) is 0 Å². The zero-order chi connectivity index (χ0) is 21.3. The summed E-state index contributed by atoms with van der Waals surface area (Å²) < 4.78 is 18.5. The molecule has 3 saturated heterocycles. The van der Waals surface area contributed by atoms with Gasteiger partial charge in [0.1, 0.15) is 11.7 Å². The fraction of sp³-hybridized carbons (Fsp3) is 0.818. The van der Waals surface area contributed by atoms with E-state index in [1.165, 1.54) is 6.92 Å². The number of carbonyl (C=O) groups excluding carboxylic acids is 2. The molecular formula is C22H32O7. The summed E-state index contributed by atoms with van der Waals surface area (Å²) in [5, 5.41) is 21.9. The van der Waals surface area contributed by atoms with E-state index in [0.717, 1.165) is 5.57 Å². The van der Waals surface area contributed by atoms with Crippen molar-refractivity contribution in [2.45, 2.75) is 83.1 Å². The second kappa shape index (κ2) is 6.87. The van der Waals surface area contributed by atoms with Crippen molar-refractivity contribution >= 4 is 11.8 Å². The van der Waals surface area contributed by atoms with Crippen LogP contribution in [0, 0.1) is 23.7 Å². The van der Waals surface area contributed by atoms with Crippen LogP contribution in [0.3, 0.4) is 0 Å². The molecule has 0 aromatic carbocycles. The first-order valence-corrected chi connectivity index (χ1v) is 10.5. The number of hydrogen-bond acceptors (Lipinski definition) is 7. The summed E-state index contributed by atoms with van der Waals surface area (Å²) in [5.41, 5.74) is -1.52. The molecule has 2 N–H and O–H groups in total. The third kappa shape index (κ3) is 3.17. The van der Waals surface area contributed by atoms with Crippen molar-refractivity contribution in [3.05, 3.63) is 11.6 Å². The lowest BCUT2D eigenvalue weighted by atomic mass is 9.62. The molecule has 3 aliphatic heterocycles. The summed E-state index contributed by atoms with van der Waals surface area (Å²) >= 11 is 0. The molecule has 0 aromatic heterocycles. The Morgan fingerprint density at radius 2 is 2.00 bits per heavy atom. The van der Waals surface area contributed by atoms with E-state index in [0.29, 0.717) is 6.61 Å². The second-order valence-corrected chi connectivity index (χ2v) is 9.90. The number of ether oxygens (including phenoxy) is 3. The van der Waals surface area contributed by atoms with Crippen LogP contribution in [0.25, 0.3) is 0 Å². The Hall–Kier alpha value is -1.28. The van der Waals surface area contributed by atoms with Crippen LogP contribution in [0.15, 0.2) is 11.6 Å². The number of fused-ring (bicyclic) bond motifs is 2. The predicted octanol–water partition coefficient (Wildman–Crippen LogP) is 1.39. The third-order valence-corrected chi connectivity index (χ3v) is 7.68. The summed E-state index contributed by atoms with van der Waals surface area (Å²) in [6.45, 7) is 9.04. The largest absolute Gasteiger partial charge is 0.459 e. The number of rotatable bonds is 1. The Labute approximate surface area is 171 Å². The van der Waals surface area contributed by atoms with Gasteiger partial charge in [-0.2, -0.15) is 0 Å². The standard InChI is InChI=1S/C22H32O7/c1-10-6-13(24)17-11(2)9-27-22(5)16(28-12(3)23)7-15(25)21(4,26)8-14-18(10)19(17)20(22)29-14/h6,11,14-20,25-26H,7-9H2,1-5H3. The first kappa shape index (κ1) is 21.0. The van der Waals surface area contributed by atoms with Gasteiger partial charge in [-0.1, -0.05) is 12.5 Å². The highest BCUT2D eigenvalue weighted by Crippen LogP contribution is 2.56. The van der Waals surface area contributed by atoms with Crippen LogP contribution in [0.5, 0.6) is 0 Å². The summed E-state index contributed by atoms with van der Waals surface area (Å²) in [5.74, 6) is -0.832. The molecule has 4 aliphatic rings. The molecule has 10 atom stereocenters. The lowest BCUT2D eigenvalue weighted by Crippen LogP contribution is -2.58. The first-order valence-electron chi connectivity index (χ1n) is 10.5. The monoisotopic (exact) mass is 408 g/mol. The maximum atomic E-state index is 13.0. The van der Waals surface area contributed by atoms with Crippen molar-refractivity contribution in [2.75, 3.05) is 6.61 Å². The molecule has 29 heavy (non-hydrogen) atoms. The Morgan fingerprint density at radius 3 is 2.66 bits per heavy atom. The van der Waals surface area contributed by atoms with Gasteiger partial charge in [-0.05, 0) is 32.8 Å². The van der Waals surface area contributed by atoms with Crippen molar-refractivity contribution < 1.29 is 34.0 Å². The number of esters is 1. The molecule has 0 aromatic rings. The Kier molecular flexibility index (Phi) is 4.97. The molecule has 0 spiro atoms. The van der Waals surface area contributed by atoms with Crippen LogP contribution < -0.4 is 0 Å². The summed E-state index contributed by atoms with van der Waals surface area (Å²) in [4.78, 5) is 24.9. The molecule has 0 amide bonds. The number of allylic oxidation sites excluding steroid dienone is 1. The van der Waals surface area contributed by atoms with Gasteiger partial charge < -0.3 is 24.4 Å². The highest BCUT2D eigenvalue weighted by Gasteiger charge is 2.65. The molecule has 3 heterocycles. The van der Waals surface area contributed by atoms with Gasteiger partial charge in [0.25, 0.3) is 0 Å². The zero-order valence-electron chi connectivity index (χ0n) is 17.8. The van der Waals surface area contributed by atoms with E-state index in [-0.39, 0.29) is 48.4 Å². The van der Waals surface area contributed by atoms with E-state index in [4.69, 9.17) is 14.2 Å². The van der Waals surface area contributed by atoms with Crippen LogP contribution in [0.1, 0.15) is 47.5 Å². The van der Waals surface area contributed by atoms with Crippen molar-refractivity contribution in [2.24, 2.45) is 23.7 Å². The van der Waals surface area contributed by atoms with Gasteiger partial charge in [-0.3, -0.25) is 9.59 Å². The van der Waals surface area contributed by atoms with Crippen molar-refractivity contribution in [1.82, 2.24) is 0 Å². The topological polar surface area (TPSA) is 102 Å². The number of aliphatic hydroxyl groups is 2. The fourth-order valence-corrected chi connectivity index (χ4v) is 6.14. The van der Waals surface area contributed by atoms with E-state index in [9.17, 15) is 19.8 Å². The minimum absolute atomic E-state index is 0.0183. The molecular weight excluding hydrogens is 376 g/mol. The number of carbonyl (C=O) groups is 2. The normalized spacial score (nSPS) is 52.0. The smallest absolute Gasteiger partial charge is 0.303 e. The molecule has 0 saturated carbocycles. The highest BCUT2D eigenvalue weighted by atomic mass is 16.6. The minimum Gasteiger partial charge on any atom is -0.459 e. The van der Waals surface area contributed by atoms with Gasteiger partial charge in [0.05, 0.1) is 30.5 Å². The number of ketones is 1. The lowest BCUT2D eigenvalue weighted by molar-refractivity contribution is -0.205. The minimum atomic E-state index is -1.43. The highest BCUT2D eigenvalue weighted by molar-refractivity contribution is 5.94. The summed E-state index contributed by atoms with van der Waals surface area (Å²) in [6, 6.07) is 0. The Balaban J connectivity index is 1.89. The van der Waals surface area contributed by atoms with E-state index in [1.54, 1.807) is 13.0 Å². The number of hydrogen-bond donors (Lipinski definition) is 2. The van der Waals surface area contributed by atoms with Crippen LogP contribution in [0.4, 0.5) is 0 Å². The van der Waals surface area contributed by atoms with Crippen molar-refractivity contribution in [3.63, 3.8) is 0 Å². The van der Waals surface area contributed by atoms with Crippen LogP contribution in [-0.2, 0) is 23.8 Å². The molecule has 1 aliphatic carbocycles. The average Bonchev–Trinajstić information content (AvgIpc) is 2.93. The molecule has 162 valence electrons. The lowest BCUT2D eigenvalue weighted by Gasteiger charge is -2.44. The van der Waals surface area contributed by atoms with Crippen molar-refractivity contribution in [1.29, 1.82) is 0 Å². The van der Waals surface area contributed by atoms with Crippen LogP contribution in [-0.4, -0.2) is 64.2 Å². The first-order chi connectivity index (χ1) is 13.5. The fourth-order valence-electron chi connectivity index (χ4n) is 6.14. The van der Waals surface area contributed by atoms with Crippen LogP contribution >= 0.6 is 0 Å². The maximum absolute atomic E-state index is 13.0. The Morgan fingerprint density at radius 1 is 1.31 bits per heavy atom. The summed E-state index contributed by atoms with van der Waals surface area (Å²) in [6.07, 6.45) is -0.777. The number of aliphatic hydroxyl groups excluding tert-OH is 1. The third-order valence-electron chi connectivity index (χ3n) is 7.68. The predicted molar refractivity (Wildman–Crippen MR) is 103 cm³/mol.